The van der Waals surface area contributed by atoms with Gasteiger partial charge in [-0.3, -0.25) is 4.79 Å². The number of hydrogen-bond donors (Lipinski definition) is 0. The molecule has 0 aromatic carbocycles. The average molecular weight is 297 g/mol. The first-order valence-corrected chi connectivity index (χ1v) is 8.17. The van der Waals surface area contributed by atoms with Crippen LogP contribution in [-0.4, -0.2) is 19.0 Å². The molecule has 2 nitrogen and oxygen atoms in total. The predicted octanol–water partition coefficient (Wildman–Crippen LogP) is 2.00. The number of rotatable bonds is 6. The Hall–Kier alpha value is 0.357. The van der Waals surface area contributed by atoms with E-state index in [4.69, 9.17) is 16.3 Å². The Morgan fingerprint density at radius 3 is 2.30 bits per heavy atom. The normalized spacial score (nSPS) is 16.4. The molecule has 0 aliphatic heterocycles. The maximum absolute atomic E-state index is 11.7. The van der Waals surface area contributed by atoms with Crippen LogP contribution in [-0.2, 0) is 9.53 Å². The summed E-state index contributed by atoms with van der Waals surface area (Å²) in [6, 6.07) is 0. The van der Waals surface area contributed by atoms with E-state index in [-0.39, 0.29) is 30.7 Å². The maximum Gasteiger partial charge on any atom is 1.00 e. The first-order valence-electron chi connectivity index (χ1n) is 7.64. The summed E-state index contributed by atoms with van der Waals surface area (Å²) in [6.45, 7) is 5.72. The van der Waals surface area contributed by atoms with Crippen LogP contribution in [0.15, 0.2) is 0 Å². The van der Waals surface area contributed by atoms with Crippen LogP contribution in [0.5, 0.6) is 0 Å². The fourth-order valence-electron chi connectivity index (χ4n) is 2.53. The Morgan fingerprint density at radius 1 is 1.35 bits per heavy atom. The number of carbonyl (C=O) groups is 1. The van der Waals surface area contributed by atoms with Crippen molar-refractivity contribution in [1.29, 1.82) is 0 Å². The third kappa shape index (κ3) is 10.1. The fourth-order valence-corrected chi connectivity index (χ4v) is 2.69. The van der Waals surface area contributed by atoms with E-state index in [0.29, 0.717) is 11.8 Å². The summed E-state index contributed by atoms with van der Waals surface area (Å²) in [5.41, 5.74) is 0. The molecule has 0 spiro atoms. The number of carbonyl (C=O) groups excluding carboxylic acids is 1. The topological polar surface area (TPSA) is 26.3 Å². The van der Waals surface area contributed by atoms with E-state index >= 15 is 0 Å². The third-order valence-corrected chi connectivity index (χ3v) is 3.99. The molecule has 1 rings (SSSR count). The molecular weight excluding hydrogens is 267 g/mol. The van der Waals surface area contributed by atoms with Crippen LogP contribution in [0.2, 0.25) is 0 Å². The van der Waals surface area contributed by atoms with Gasteiger partial charge in [-0.15, -0.1) is 11.6 Å². The Kier molecular flexibility index (Phi) is 17.8. The van der Waals surface area contributed by atoms with Gasteiger partial charge in [-0.2, -0.15) is 6.42 Å². The second-order valence-corrected chi connectivity index (χ2v) is 5.59. The molecule has 0 N–H and O–H groups in total. The van der Waals surface area contributed by atoms with Crippen molar-refractivity contribution in [3.63, 3.8) is 0 Å². The number of ether oxygens (including phenoxy) is 1. The summed E-state index contributed by atoms with van der Waals surface area (Å²) in [7, 11) is 1.48. The van der Waals surface area contributed by atoms with Crippen molar-refractivity contribution in [2.24, 2.45) is 11.8 Å². The largest absolute Gasteiger partial charge is 1.00 e. The second-order valence-electron chi connectivity index (χ2n) is 5.21. The molecule has 0 saturated heterocycles. The maximum atomic E-state index is 11.7. The van der Waals surface area contributed by atoms with Crippen LogP contribution in [0.25, 0.3) is 0 Å². The summed E-state index contributed by atoms with van der Waals surface area (Å²) < 4.78 is 4.88. The minimum absolute atomic E-state index is 0. The van der Waals surface area contributed by atoms with E-state index in [1.54, 1.807) is 0 Å². The first-order chi connectivity index (χ1) is 9.21. The van der Waals surface area contributed by atoms with Gasteiger partial charge < -0.3 is 11.7 Å². The summed E-state index contributed by atoms with van der Waals surface area (Å²) in [5.74, 6) is 1.23. The van der Waals surface area contributed by atoms with E-state index in [0.717, 1.165) is 19.3 Å². The minimum atomic E-state index is -0.0352. The molecule has 4 heteroatoms. The van der Waals surface area contributed by atoms with Crippen molar-refractivity contribution in [1.82, 2.24) is 0 Å². The van der Waals surface area contributed by atoms with Crippen molar-refractivity contribution in [3.8, 4) is 0 Å². The zero-order chi connectivity index (χ0) is 14.5. The van der Waals surface area contributed by atoms with E-state index in [9.17, 15) is 4.79 Å². The van der Waals surface area contributed by atoms with Gasteiger partial charge in [0, 0.05) is 5.88 Å². The quantitative estimate of drug-likeness (QED) is 0.324. The van der Waals surface area contributed by atoms with Crippen LogP contribution < -0.4 is 18.9 Å². The Balaban J connectivity index is 0. The molecule has 1 aliphatic carbocycles. The number of unbranched alkanes of at least 4 members (excludes halogenated alkanes) is 1. The van der Waals surface area contributed by atoms with Gasteiger partial charge in [0.25, 0.3) is 0 Å². The fraction of sp³-hybridized carbons (Fsp3) is 0.875. The summed E-state index contributed by atoms with van der Waals surface area (Å²) in [5, 5.41) is 0. The van der Waals surface area contributed by atoms with Gasteiger partial charge in [-0.1, -0.05) is 32.6 Å². The predicted molar refractivity (Wildman–Crippen MR) is 82.3 cm³/mol. The summed E-state index contributed by atoms with van der Waals surface area (Å²) in [6.07, 6.45) is 10.3. The minimum Gasteiger partial charge on any atom is -0.469 e. The van der Waals surface area contributed by atoms with Gasteiger partial charge in [0.2, 0.25) is 0 Å². The number of halogens is 1. The third-order valence-electron chi connectivity index (χ3n) is 3.73. The van der Waals surface area contributed by atoms with E-state index in [1.165, 1.54) is 45.6 Å². The van der Waals surface area contributed by atoms with E-state index in [2.05, 4.69) is 13.8 Å². The molecule has 0 bridgehead atoms. The number of methoxy groups -OCH3 is 1. The molecule has 1 aliphatic rings. The first kappa shape index (κ1) is 22.6. The molecule has 1 fully saturated rings. The van der Waals surface area contributed by atoms with Gasteiger partial charge in [0.1, 0.15) is 0 Å². The van der Waals surface area contributed by atoms with Gasteiger partial charge in [0.05, 0.1) is 13.0 Å². The van der Waals surface area contributed by atoms with Crippen LogP contribution in [0.1, 0.15) is 64.7 Å². The zero-order valence-electron chi connectivity index (χ0n) is 13.6. The molecule has 1 atom stereocenters. The standard InChI is InChI=1S/C12H21ClO2.C4H9.Li/c1-15-12(14)11(8-5-9-13)10-6-3-2-4-7-10;1-3-4-2;/h10-11H,2-9H2,1H3;1,3-4H2,2H3;/q;-1;+1. The van der Waals surface area contributed by atoms with Gasteiger partial charge in [0.15, 0.2) is 0 Å². The van der Waals surface area contributed by atoms with Crippen LogP contribution >= 0.6 is 11.6 Å². The van der Waals surface area contributed by atoms with E-state index < -0.39 is 0 Å². The Bertz CT molecular complexity index is 217. The molecule has 0 heterocycles. The van der Waals surface area contributed by atoms with Crippen molar-refractivity contribution in [2.45, 2.75) is 64.7 Å². The van der Waals surface area contributed by atoms with Crippen LogP contribution in [0.3, 0.4) is 0 Å². The molecule has 20 heavy (non-hydrogen) atoms. The summed E-state index contributed by atoms with van der Waals surface area (Å²) >= 11 is 5.68. The van der Waals surface area contributed by atoms with Crippen molar-refractivity contribution < 1.29 is 28.4 Å². The Labute approximate surface area is 142 Å². The zero-order valence-corrected chi connectivity index (χ0v) is 14.4. The number of esters is 1. The van der Waals surface area contributed by atoms with Crippen molar-refractivity contribution in [2.75, 3.05) is 13.0 Å². The van der Waals surface area contributed by atoms with Crippen molar-refractivity contribution >= 4 is 17.6 Å². The smallest absolute Gasteiger partial charge is 0.469 e. The number of hydrogen-bond acceptors (Lipinski definition) is 2. The molecular formula is C16H30ClLiO2. The molecule has 1 saturated carbocycles. The molecule has 0 aromatic rings. The Morgan fingerprint density at radius 2 is 1.90 bits per heavy atom. The molecule has 0 radical (unpaired) electrons. The van der Waals surface area contributed by atoms with Crippen molar-refractivity contribution in [3.05, 3.63) is 6.92 Å². The molecule has 0 aromatic heterocycles. The SMILES string of the molecule is COC(=O)C(CCCCl)C1CCCCC1.[CH2-]CCC.[Li+]. The second kappa shape index (κ2) is 15.7. The molecule has 114 valence electrons. The number of alkyl halides is 1. The molecule has 1 unspecified atom stereocenters. The van der Waals surface area contributed by atoms with Crippen LogP contribution in [0, 0.1) is 18.8 Å². The van der Waals surface area contributed by atoms with Gasteiger partial charge >= 0.3 is 24.8 Å². The van der Waals surface area contributed by atoms with Gasteiger partial charge in [-0.05, 0) is 31.6 Å². The van der Waals surface area contributed by atoms with E-state index in [1.807, 2.05) is 0 Å². The average Bonchev–Trinajstić information content (AvgIpc) is 2.48. The van der Waals surface area contributed by atoms with Crippen LogP contribution in [0.4, 0.5) is 0 Å². The summed E-state index contributed by atoms with van der Waals surface area (Å²) in [4.78, 5) is 11.7. The molecule has 0 amide bonds. The van der Waals surface area contributed by atoms with Gasteiger partial charge in [-0.25, -0.2) is 0 Å². The monoisotopic (exact) mass is 296 g/mol.